The number of carbonyl (C=O) groups is 1. The first-order valence-corrected chi connectivity index (χ1v) is 11.2. The first-order valence-electron chi connectivity index (χ1n) is 10.2. The van der Waals surface area contributed by atoms with Crippen LogP contribution in [-0.2, 0) is 4.79 Å². The number of fused-ring (bicyclic) bond motifs is 1. The minimum atomic E-state index is -0.0698. The van der Waals surface area contributed by atoms with Gasteiger partial charge in [0.05, 0.1) is 11.3 Å². The highest BCUT2D eigenvalue weighted by atomic mass is 32.2. The Morgan fingerprint density at radius 1 is 1.43 bits per heavy atom. The predicted molar refractivity (Wildman–Crippen MR) is 115 cm³/mol. The van der Waals surface area contributed by atoms with E-state index in [9.17, 15) is 9.59 Å². The molecule has 0 spiro atoms. The van der Waals surface area contributed by atoms with E-state index in [2.05, 4.69) is 21.4 Å². The van der Waals surface area contributed by atoms with E-state index in [0.29, 0.717) is 22.7 Å². The third-order valence-electron chi connectivity index (χ3n) is 5.30. The minimum absolute atomic E-state index is 0.0169. The second-order valence-electron chi connectivity index (χ2n) is 7.54. The van der Waals surface area contributed by atoms with Crippen molar-refractivity contribution in [2.24, 2.45) is 0 Å². The van der Waals surface area contributed by atoms with Gasteiger partial charge in [0, 0.05) is 18.3 Å². The molecule has 0 aromatic carbocycles. The van der Waals surface area contributed by atoms with E-state index in [1.54, 1.807) is 4.57 Å². The van der Waals surface area contributed by atoms with Gasteiger partial charge in [0.25, 0.3) is 5.56 Å². The number of amides is 1. The van der Waals surface area contributed by atoms with Gasteiger partial charge in [-0.3, -0.25) is 14.2 Å². The van der Waals surface area contributed by atoms with Crippen LogP contribution < -0.4 is 10.9 Å². The molecule has 2 N–H and O–H groups in total. The van der Waals surface area contributed by atoms with Gasteiger partial charge in [-0.2, -0.15) is 0 Å². The Bertz CT molecular complexity index is 928. The number of carbonyl (C=O) groups excluding carboxylic acids is 1. The number of aromatic nitrogens is 3. The van der Waals surface area contributed by atoms with Gasteiger partial charge in [-0.1, -0.05) is 30.3 Å². The summed E-state index contributed by atoms with van der Waals surface area (Å²) in [6.07, 6.45) is 8.93. The van der Waals surface area contributed by atoms with Gasteiger partial charge >= 0.3 is 0 Å². The number of rotatable bonds is 8. The van der Waals surface area contributed by atoms with E-state index >= 15 is 0 Å². The summed E-state index contributed by atoms with van der Waals surface area (Å²) in [5.74, 6) is 0.244. The summed E-state index contributed by atoms with van der Waals surface area (Å²) in [4.78, 5) is 33.0. The largest absolute Gasteiger partial charge is 0.355 e. The second kappa shape index (κ2) is 9.45. The first kappa shape index (κ1) is 20.7. The van der Waals surface area contributed by atoms with Crippen molar-refractivity contribution in [1.82, 2.24) is 19.9 Å². The van der Waals surface area contributed by atoms with Crippen LogP contribution in [0.3, 0.4) is 0 Å². The number of H-pyrrole nitrogens is 1. The molecule has 3 rings (SSSR count). The number of thioether (sulfide) groups is 1. The van der Waals surface area contributed by atoms with Crippen LogP contribution in [-0.4, -0.2) is 32.7 Å². The standard InChI is InChI=1S/C21H30N4O2S/c1-4-15(3)25-20(27)19-17(12-14(2)23-19)24-21(25)28-13-18(26)22-11-10-16-8-6-5-7-9-16/h8,12,15,23H,4-7,9-11,13H2,1-3H3,(H,22,26)/t15-/m0/s1. The van der Waals surface area contributed by atoms with E-state index in [-0.39, 0.29) is 23.3 Å². The van der Waals surface area contributed by atoms with Crippen molar-refractivity contribution in [2.75, 3.05) is 12.3 Å². The molecular weight excluding hydrogens is 372 g/mol. The number of nitrogens with zero attached hydrogens (tertiary/aromatic N) is 2. The van der Waals surface area contributed by atoms with E-state index < -0.39 is 0 Å². The van der Waals surface area contributed by atoms with Crippen LogP contribution >= 0.6 is 11.8 Å². The summed E-state index contributed by atoms with van der Waals surface area (Å²) in [7, 11) is 0. The molecule has 1 amide bonds. The molecule has 0 unspecified atom stereocenters. The molecule has 0 bridgehead atoms. The van der Waals surface area contributed by atoms with Gasteiger partial charge in [-0.15, -0.1) is 0 Å². The summed E-state index contributed by atoms with van der Waals surface area (Å²) in [5.41, 5.74) is 3.49. The zero-order chi connectivity index (χ0) is 20.1. The van der Waals surface area contributed by atoms with Crippen molar-refractivity contribution >= 4 is 28.7 Å². The van der Waals surface area contributed by atoms with Crippen LogP contribution in [0, 0.1) is 6.92 Å². The maximum absolute atomic E-state index is 12.9. The quantitative estimate of drug-likeness (QED) is 0.396. The zero-order valence-electron chi connectivity index (χ0n) is 17.0. The first-order chi connectivity index (χ1) is 13.5. The van der Waals surface area contributed by atoms with Crippen molar-refractivity contribution in [2.45, 2.75) is 70.5 Å². The fourth-order valence-electron chi connectivity index (χ4n) is 3.54. The number of allylic oxidation sites excluding steroid dienone is 1. The average Bonchev–Trinajstić information content (AvgIpc) is 3.07. The van der Waals surface area contributed by atoms with Crippen molar-refractivity contribution in [3.8, 4) is 0 Å². The number of nitrogens with one attached hydrogen (secondary N) is 2. The zero-order valence-corrected chi connectivity index (χ0v) is 17.8. The Morgan fingerprint density at radius 3 is 2.96 bits per heavy atom. The van der Waals surface area contributed by atoms with Crippen LogP contribution in [0.5, 0.6) is 0 Å². The van der Waals surface area contributed by atoms with E-state index in [1.165, 1.54) is 36.6 Å². The molecule has 0 saturated heterocycles. The number of aryl methyl sites for hydroxylation is 1. The van der Waals surface area contributed by atoms with Crippen molar-refractivity contribution in [3.63, 3.8) is 0 Å². The number of hydrogen-bond acceptors (Lipinski definition) is 4. The lowest BCUT2D eigenvalue weighted by molar-refractivity contribution is -0.118. The van der Waals surface area contributed by atoms with Gasteiger partial charge in [0.15, 0.2) is 5.16 Å². The molecule has 0 saturated carbocycles. The van der Waals surface area contributed by atoms with Gasteiger partial charge in [0.2, 0.25) is 5.91 Å². The molecule has 2 aromatic heterocycles. The molecule has 2 aromatic rings. The summed E-state index contributed by atoms with van der Waals surface area (Å²) in [6, 6.07) is 1.90. The Kier molecular flexibility index (Phi) is 6.99. The lowest BCUT2D eigenvalue weighted by Gasteiger charge is -2.17. The molecule has 152 valence electrons. The topological polar surface area (TPSA) is 79.8 Å². The molecule has 1 aliphatic rings. The van der Waals surface area contributed by atoms with Gasteiger partial charge in [-0.25, -0.2) is 4.98 Å². The SMILES string of the molecule is CC[C@H](C)n1c(SCC(=O)NCCC2=CCCCC2)nc2cc(C)[nH]c2c1=O. The minimum Gasteiger partial charge on any atom is -0.355 e. The molecule has 28 heavy (non-hydrogen) atoms. The van der Waals surface area contributed by atoms with Crippen molar-refractivity contribution in [1.29, 1.82) is 0 Å². The summed E-state index contributed by atoms with van der Waals surface area (Å²) in [6.45, 7) is 6.64. The smallest absolute Gasteiger partial charge is 0.278 e. The fraction of sp³-hybridized carbons (Fsp3) is 0.571. The Morgan fingerprint density at radius 2 is 2.25 bits per heavy atom. The third kappa shape index (κ3) is 4.87. The van der Waals surface area contributed by atoms with Crippen LogP contribution in [0.25, 0.3) is 11.0 Å². The van der Waals surface area contributed by atoms with Crippen LogP contribution in [0.15, 0.2) is 27.7 Å². The Balaban J connectivity index is 1.66. The van der Waals surface area contributed by atoms with Gasteiger partial charge in [0.1, 0.15) is 5.52 Å². The normalized spacial score (nSPS) is 15.5. The summed E-state index contributed by atoms with van der Waals surface area (Å²) >= 11 is 1.33. The van der Waals surface area contributed by atoms with E-state index in [1.807, 2.05) is 26.8 Å². The maximum atomic E-state index is 12.9. The van der Waals surface area contributed by atoms with Crippen LogP contribution in [0.4, 0.5) is 0 Å². The van der Waals surface area contributed by atoms with Gasteiger partial charge in [-0.05, 0) is 58.4 Å². The van der Waals surface area contributed by atoms with Crippen LogP contribution in [0.1, 0.15) is 64.1 Å². The molecule has 1 atom stereocenters. The highest BCUT2D eigenvalue weighted by molar-refractivity contribution is 7.99. The predicted octanol–water partition coefficient (Wildman–Crippen LogP) is 4.10. The number of aromatic amines is 1. The van der Waals surface area contributed by atoms with E-state index in [0.717, 1.165) is 25.0 Å². The van der Waals surface area contributed by atoms with Crippen molar-refractivity contribution < 1.29 is 4.79 Å². The Hall–Kier alpha value is -2.02. The molecule has 7 heteroatoms. The molecule has 0 aliphatic heterocycles. The lowest BCUT2D eigenvalue weighted by atomic mass is 9.97. The van der Waals surface area contributed by atoms with Crippen molar-refractivity contribution in [3.05, 3.63) is 33.8 Å². The Labute approximate surface area is 170 Å². The average molecular weight is 403 g/mol. The lowest BCUT2D eigenvalue weighted by Crippen LogP contribution is -2.29. The summed E-state index contributed by atoms with van der Waals surface area (Å²) in [5, 5.41) is 3.60. The fourth-order valence-corrected chi connectivity index (χ4v) is 4.47. The molecule has 6 nitrogen and oxygen atoms in total. The monoisotopic (exact) mass is 402 g/mol. The highest BCUT2D eigenvalue weighted by Crippen LogP contribution is 2.23. The molecule has 1 aliphatic carbocycles. The number of hydrogen-bond donors (Lipinski definition) is 2. The maximum Gasteiger partial charge on any atom is 0.278 e. The highest BCUT2D eigenvalue weighted by Gasteiger charge is 2.18. The molecule has 0 fully saturated rings. The second-order valence-corrected chi connectivity index (χ2v) is 8.48. The molecular formula is C21H30N4O2S. The third-order valence-corrected chi connectivity index (χ3v) is 6.26. The molecule has 0 radical (unpaired) electrons. The van der Waals surface area contributed by atoms with Gasteiger partial charge < -0.3 is 10.3 Å². The summed E-state index contributed by atoms with van der Waals surface area (Å²) < 4.78 is 1.71. The molecule has 2 heterocycles. The van der Waals surface area contributed by atoms with E-state index in [4.69, 9.17) is 0 Å². The van der Waals surface area contributed by atoms with Crippen LogP contribution in [0.2, 0.25) is 0 Å².